The SMILES string of the molecule is CCNC(=O)CCNC(C)c1nccnc1C. The van der Waals surface area contributed by atoms with Crippen molar-refractivity contribution >= 4 is 5.91 Å². The summed E-state index contributed by atoms with van der Waals surface area (Å²) in [5.41, 5.74) is 1.86. The van der Waals surface area contributed by atoms with Crippen LogP contribution in [0.1, 0.15) is 37.7 Å². The summed E-state index contributed by atoms with van der Waals surface area (Å²) in [4.78, 5) is 19.7. The summed E-state index contributed by atoms with van der Waals surface area (Å²) < 4.78 is 0. The van der Waals surface area contributed by atoms with E-state index < -0.39 is 0 Å². The molecule has 1 amide bonds. The predicted octanol–water partition coefficient (Wildman–Crippen LogP) is 0.962. The molecule has 5 nitrogen and oxygen atoms in total. The van der Waals surface area contributed by atoms with Gasteiger partial charge in [-0.25, -0.2) is 0 Å². The number of hydrogen-bond acceptors (Lipinski definition) is 4. The highest BCUT2D eigenvalue weighted by Crippen LogP contribution is 2.11. The van der Waals surface area contributed by atoms with Gasteiger partial charge in [0.2, 0.25) is 5.91 Å². The predicted molar refractivity (Wildman–Crippen MR) is 66.5 cm³/mol. The van der Waals surface area contributed by atoms with Crippen LogP contribution in [0.5, 0.6) is 0 Å². The Hall–Kier alpha value is -1.49. The molecule has 17 heavy (non-hydrogen) atoms. The van der Waals surface area contributed by atoms with Gasteiger partial charge in [0.25, 0.3) is 0 Å². The van der Waals surface area contributed by atoms with Crippen LogP contribution in [0.25, 0.3) is 0 Å². The molecule has 0 spiro atoms. The number of carbonyl (C=O) groups is 1. The topological polar surface area (TPSA) is 66.9 Å². The van der Waals surface area contributed by atoms with E-state index in [4.69, 9.17) is 0 Å². The molecule has 0 saturated carbocycles. The lowest BCUT2D eigenvalue weighted by Crippen LogP contribution is -2.29. The van der Waals surface area contributed by atoms with Crippen LogP contribution < -0.4 is 10.6 Å². The number of carbonyl (C=O) groups excluding carboxylic acids is 1. The molecule has 1 rings (SSSR count). The molecule has 0 saturated heterocycles. The lowest BCUT2D eigenvalue weighted by atomic mass is 10.2. The van der Waals surface area contributed by atoms with Gasteiger partial charge in [-0.3, -0.25) is 14.8 Å². The van der Waals surface area contributed by atoms with Crippen LogP contribution in [0.3, 0.4) is 0 Å². The molecular weight excluding hydrogens is 216 g/mol. The molecule has 0 bridgehead atoms. The third kappa shape index (κ3) is 4.48. The lowest BCUT2D eigenvalue weighted by molar-refractivity contribution is -0.120. The Bertz CT molecular complexity index is 367. The van der Waals surface area contributed by atoms with Gasteiger partial charge in [0.1, 0.15) is 0 Å². The number of aromatic nitrogens is 2. The molecule has 1 aromatic heterocycles. The van der Waals surface area contributed by atoms with E-state index in [-0.39, 0.29) is 11.9 Å². The monoisotopic (exact) mass is 236 g/mol. The Labute approximate surface area is 102 Å². The molecule has 1 aromatic rings. The van der Waals surface area contributed by atoms with Gasteiger partial charge in [0, 0.05) is 37.9 Å². The number of aryl methyl sites for hydroxylation is 1. The molecule has 0 aliphatic heterocycles. The smallest absolute Gasteiger partial charge is 0.221 e. The minimum atomic E-state index is 0.0723. The minimum absolute atomic E-state index is 0.0723. The zero-order chi connectivity index (χ0) is 12.7. The Morgan fingerprint density at radius 2 is 2.12 bits per heavy atom. The first kappa shape index (κ1) is 13.6. The van der Waals surface area contributed by atoms with Gasteiger partial charge < -0.3 is 10.6 Å². The van der Waals surface area contributed by atoms with Gasteiger partial charge in [-0.1, -0.05) is 0 Å². The number of amides is 1. The van der Waals surface area contributed by atoms with E-state index in [1.54, 1.807) is 12.4 Å². The molecule has 1 heterocycles. The van der Waals surface area contributed by atoms with Crippen molar-refractivity contribution in [1.82, 2.24) is 20.6 Å². The zero-order valence-electron chi connectivity index (χ0n) is 10.7. The van der Waals surface area contributed by atoms with Crippen molar-refractivity contribution in [2.75, 3.05) is 13.1 Å². The fourth-order valence-electron chi connectivity index (χ4n) is 1.63. The largest absolute Gasteiger partial charge is 0.356 e. The second-order valence-electron chi connectivity index (χ2n) is 3.91. The van der Waals surface area contributed by atoms with Crippen molar-refractivity contribution in [3.63, 3.8) is 0 Å². The highest BCUT2D eigenvalue weighted by atomic mass is 16.1. The fourth-order valence-corrected chi connectivity index (χ4v) is 1.63. The molecule has 0 radical (unpaired) electrons. The van der Waals surface area contributed by atoms with Crippen LogP contribution in [0.4, 0.5) is 0 Å². The number of nitrogens with one attached hydrogen (secondary N) is 2. The van der Waals surface area contributed by atoms with Crippen LogP contribution in [-0.2, 0) is 4.79 Å². The molecule has 5 heteroatoms. The van der Waals surface area contributed by atoms with Gasteiger partial charge in [-0.2, -0.15) is 0 Å². The van der Waals surface area contributed by atoms with Gasteiger partial charge in [-0.15, -0.1) is 0 Å². The van der Waals surface area contributed by atoms with E-state index >= 15 is 0 Å². The Morgan fingerprint density at radius 1 is 1.41 bits per heavy atom. The van der Waals surface area contributed by atoms with Crippen LogP contribution in [-0.4, -0.2) is 29.0 Å². The van der Waals surface area contributed by atoms with Crippen molar-refractivity contribution in [2.45, 2.75) is 33.2 Å². The van der Waals surface area contributed by atoms with E-state index in [1.807, 2.05) is 20.8 Å². The molecular formula is C12H20N4O. The van der Waals surface area contributed by atoms with E-state index in [2.05, 4.69) is 20.6 Å². The average molecular weight is 236 g/mol. The third-order valence-electron chi connectivity index (χ3n) is 2.51. The maximum absolute atomic E-state index is 11.2. The van der Waals surface area contributed by atoms with Gasteiger partial charge in [-0.05, 0) is 20.8 Å². The van der Waals surface area contributed by atoms with Crippen LogP contribution in [0.2, 0.25) is 0 Å². The van der Waals surface area contributed by atoms with Gasteiger partial charge >= 0.3 is 0 Å². The van der Waals surface area contributed by atoms with Crippen molar-refractivity contribution in [2.24, 2.45) is 0 Å². The maximum Gasteiger partial charge on any atom is 0.221 e. The molecule has 2 N–H and O–H groups in total. The summed E-state index contributed by atoms with van der Waals surface area (Å²) in [7, 11) is 0. The quantitative estimate of drug-likeness (QED) is 0.772. The highest BCUT2D eigenvalue weighted by molar-refractivity contribution is 5.75. The molecule has 1 unspecified atom stereocenters. The first-order chi connectivity index (χ1) is 8.15. The van der Waals surface area contributed by atoms with Crippen molar-refractivity contribution in [1.29, 1.82) is 0 Å². The van der Waals surface area contributed by atoms with Crippen molar-refractivity contribution in [3.05, 3.63) is 23.8 Å². The minimum Gasteiger partial charge on any atom is -0.356 e. The second kappa shape index (κ2) is 6.96. The summed E-state index contributed by atoms with van der Waals surface area (Å²) in [5, 5.41) is 6.03. The zero-order valence-corrected chi connectivity index (χ0v) is 10.7. The highest BCUT2D eigenvalue weighted by Gasteiger charge is 2.10. The number of rotatable bonds is 6. The molecule has 0 aromatic carbocycles. The normalized spacial score (nSPS) is 12.2. The summed E-state index contributed by atoms with van der Waals surface area (Å²) in [6.45, 7) is 7.19. The molecule has 1 atom stereocenters. The van der Waals surface area contributed by atoms with Crippen LogP contribution in [0.15, 0.2) is 12.4 Å². The van der Waals surface area contributed by atoms with Crippen molar-refractivity contribution in [3.8, 4) is 0 Å². The van der Waals surface area contributed by atoms with Gasteiger partial charge in [0.05, 0.1) is 11.4 Å². The summed E-state index contributed by atoms with van der Waals surface area (Å²) in [5.74, 6) is 0.0723. The fraction of sp³-hybridized carbons (Fsp3) is 0.583. The van der Waals surface area contributed by atoms with E-state index in [1.165, 1.54) is 0 Å². The first-order valence-electron chi connectivity index (χ1n) is 5.92. The second-order valence-corrected chi connectivity index (χ2v) is 3.91. The lowest BCUT2D eigenvalue weighted by Gasteiger charge is -2.14. The Balaban J connectivity index is 2.38. The Morgan fingerprint density at radius 3 is 2.76 bits per heavy atom. The van der Waals surface area contributed by atoms with Gasteiger partial charge in [0.15, 0.2) is 0 Å². The molecule has 94 valence electrons. The average Bonchev–Trinajstić information content (AvgIpc) is 2.29. The third-order valence-corrected chi connectivity index (χ3v) is 2.51. The standard InChI is InChI=1S/C12H20N4O/c1-4-13-11(17)5-6-14-9(2)12-10(3)15-7-8-16-12/h7-9,14H,4-6H2,1-3H3,(H,13,17). The van der Waals surface area contributed by atoms with Crippen LogP contribution >= 0.6 is 0 Å². The molecule has 0 aliphatic carbocycles. The maximum atomic E-state index is 11.2. The number of hydrogen-bond donors (Lipinski definition) is 2. The van der Waals surface area contributed by atoms with Crippen molar-refractivity contribution < 1.29 is 4.79 Å². The van der Waals surface area contributed by atoms with E-state index in [0.29, 0.717) is 19.5 Å². The summed E-state index contributed by atoms with van der Waals surface area (Å²) in [6, 6.07) is 0.109. The van der Waals surface area contributed by atoms with E-state index in [0.717, 1.165) is 11.4 Å². The Kier molecular flexibility index (Phi) is 5.56. The summed E-state index contributed by atoms with van der Waals surface area (Å²) in [6.07, 6.45) is 3.85. The van der Waals surface area contributed by atoms with Crippen LogP contribution in [0, 0.1) is 6.92 Å². The molecule has 0 aliphatic rings. The molecule has 0 fully saturated rings. The number of nitrogens with zero attached hydrogens (tertiary/aromatic N) is 2. The van der Waals surface area contributed by atoms with E-state index in [9.17, 15) is 4.79 Å². The summed E-state index contributed by atoms with van der Waals surface area (Å²) >= 11 is 0. The first-order valence-corrected chi connectivity index (χ1v) is 5.92.